The van der Waals surface area contributed by atoms with E-state index in [1.54, 1.807) is 0 Å². The zero-order valence-corrected chi connectivity index (χ0v) is 9.81. The van der Waals surface area contributed by atoms with E-state index >= 15 is 0 Å². The topological polar surface area (TPSA) is 112 Å². The molecule has 0 saturated carbocycles. The SMILES string of the molecule is O=C(O)c1ccccc1NS(=O)(=O)c1ccn[nH]1. The number of aromatic nitrogens is 2. The molecule has 1 heterocycles. The minimum absolute atomic E-state index is 0.000370. The number of aromatic amines is 1. The summed E-state index contributed by atoms with van der Waals surface area (Å²) in [7, 11) is -3.86. The minimum atomic E-state index is -3.86. The lowest BCUT2D eigenvalue weighted by atomic mass is 10.2. The van der Waals surface area contributed by atoms with Crippen molar-refractivity contribution in [3.8, 4) is 0 Å². The zero-order valence-electron chi connectivity index (χ0n) is 8.99. The fraction of sp³-hybridized carbons (Fsp3) is 0. The number of carboxylic acids is 1. The van der Waals surface area contributed by atoms with Crippen molar-refractivity contribution in [1.29, 1.82) is 0 Å². The van der Waals surface area contributed by atoms with Crippen molar-refractivity contribution < 1.29 is 18.3 Å². The molecule has 3 N–H and O–H groups in total. The average Bonchev–Trinajstić information content (AvgIpc) is 2.83. The van der Waals surface area contributed by atoms with Gasteiger partial charge in [0.05, 0.1) is 17.4 Å². The summed E-state index contributed by atoms with van der Waals surface area (Å²) in [4.78, 5) is 10.9. The second-order valence-electron chi connectivity index (χ2n) is 3.38. The fourth-order valence-corrected chi connectivity index (χ4v) is 2.34. The van der Waals surface area contributed by atoms with E-state index in [1.165, 1.54) is 36.5 Å². The number of benzene rings is 1. The summed E-state index contributed by atoms with van der Waals surface area (Å²) >= 11 is 0. The van der Waals surface area contributed by atoms with Crippen molar-refractivity contribution in [3.63, 3.8) is 0 Å². The first kappa shape index (κ1) is 12.1. The van der Waals surface area contributed by atoms with Crippen molar-refractivity contribution >= 4 is 21.7 Å². The van der Waals surface area contributed by atoms with Crippen LogP contribution >= 0.6 is 0 Å². The van der Waals surface area contributed by atoms with Gasteiger partial charge in [0.2, 0.25) is 0 Å². The third-order valence-electron chi connectivity index (χ3n) is 2.17. The number of hydrogen-bond acceptors (Lipinski definition) is 4. The zero-order chi connectivity index (χ0) is 13.2. The van der Waals surface area contributed by atoms with Gasteiger partial charge >= 0.3 is 5.97 Å². The van der Waals surface area contributed by atoms with Gasteiger partial charge in [-0.25, -0.2) is 4.79 Å². The quantitative estimate of drug-likeness (QED) is 0.762. The molecule has 0 aliphatic carbocycles. The van der Waals surface area contributed by atoms with E-state index in [4.69, 9.17) is 5.11 Å². The molecule has 0 atom stereocenters. The number of carbonyl (C=O) groups is 1. The van der Waals surface area contributed by atoms with Crippen molar-refractivity contribution in [2.24, 2.45) is 0 Å². The third-order valence-corrected chi connectivity index (χ3v) is 3.46. The number of carboxylic acid groups (broad SMARTS) is 1. The highest BCUT2D eigenvalue weighted by Crippen LogP contribution is 2.18. The van der Waals surface area contributed by atoms with E-state index in [-0.39, 0.29) is 16.3 Å². The van der Waals surface area contributed by atoms with Crippen molar-refractivity contribution in [3.05, 3.63) is 42.1 Å². The molecule has 0 radical (unpaired) electrons. The smallest absolute Gasteiger partial charge is 0.337 e. The number of sulfonamides is 1. The molecule has 0 amide bonds. The van der Waals surface area contributed by atoms with Crippen LogP contribution in [0.2, 0.25) is 0 Å². The van der Waals surface area contributed by atoms with Gasteiger partial charge in [-0.1, -0.05) is 12.1 Å². The van der Waals surface area contributed by atoms with Crippen LogP contribution in [0.25, 0.3) is 0 Å². The highest BCUT2D eigenvalue weighted by molar-refractivity contribution is 7.92. The Morgan fingerprint density at radius 3 is 2.61 bits per heavy atom. The molecule has 1 aromatic carbocycles. The van der Waals surface area contributed by atoms with Crippen LogP contribution in [-0.4, -0.2) is 29.7 Å². The molecule has 2 aromatic rings. The third kappa shape index (κ3) is 2.33. The summed E-state index contributed by atoms with van der Waals surface area (Å²) < 4.78 is 25.9. The number of hydrogen-bond donors (Lipinski definition) is 3. The Labute approximate surface area is 103 Å². The highest BCUT2D eigenvalue weighted by Gasteiger charge is 2.18. The first-order chi connectivity index (χ1) is 8.50. The highest BCUT2D eigenvalue weighted by atomic mass is 32.2. The molecule has 0 unspecified atom stereocenters. The first-order valence-corrected chi connectivity index (χ1v) is 6.33. The van der Waals surface area contributed by atoms with Gasteiger partial charge in [-0.2, -0.15) is 13.5 Å². The Balaban J connectivity index is 2.39. The largest absolute Gasteiger partial charge is 0.478 e. The molecule has 7 nitrogen and oxygen atoms in total. The second-order valence-corrected chi connectivity index (χ2v) is 5.03. The summed E-state index contributed by atoms with van der Waals surface area (Å²) in [6.45, 7) is 0. The summed E-state index contributed by atoms with van der Waals surface area (Å²) in [5.41, 5.74) is -0.125. The van der Waals surface area contributed by atoms with Gasteiger partial charge in [0.1, 0.15) is 0 Å². The summed E-state index contributed by atoms with van der Waals surface area (Å²) in [6, 6.07) is 7.00. The Bertz CT molecular complexity index is 664. The van der Waals surface area contributed by atoms with Crippen LogP contribution in [-0.2, 0) is 10.0 Å². The molecule has 0 aliphatic heterocycles. The van der Waals surface area contributed by atoms with Crippen LogP contribution in [0.3, 0.4) is 0 Å². The number of aromatic carboxylic acids is 1. The number of nitrogens with zero attached hydrogens (tertiary/aromatic N) is 1. The van der Waals surface area contributed by atoms with Gasteiger partial charge in [0, 0.05) is 0 Å². The van der Waals surface area contributed by atoms with Crippen LogP contribution in [0.1, 0.15) is 10.4 Å². The Morgan fingerprint density at radius 2 is 2.00 bits per heavy atom. The summed E-state index contributed by atoms with van der Waals surface area (Å²) in [5.74, 6) is -1.21. The number of nitrogens with one attached hydrogen (secondary N) is 2. The van der Waals surface area contributed by atoms with Gasteiger partial charge in [0.25, 0.3) is 10.0 Å². The molecule has 2 rings (SSSR count). The molecule has 0 saturated heterocycles. The van der Waals surface area contributed by atoms with Gasteiger partial charge < -0.3 is 5.11 Å². The Kier molecular flexibility index (Phi) is 3.02. The molecule has 0 bridgehead atoms. The standard InChI is InChI=1S/C10H9N3O4S/c14-10(15)7-3-1-2-4-8(7)13-18(16,17)9-5-6-11-12-9/h1-6,13H,(H,11,12)(H,14,15). The van der Waals surface area contributed by atoms with Crippen LogP contribution < -0.4 is 4.72 Å². The Hall–Kier alpha value is -2.35. The average molecular weight is 267 g/mol. The van der Waals surface area contributed by atoms with E-state index in [2.05, 4.69) is 14.9 Å². The summed E-state index contributed by atoms with van der Waals surface area (Å²) in [5, 5.41) is 14.6. The fourth-order valence-electron chi connectivity index (χ4n) is 1.35. The van der Waals surface area contributed by atoms with E-state index in [0.717, 1.165) is 0 Å². The molecular weight excluding hydrogens is 258 g/mol. The lowest BCUT2D eigenvalue weighted by molar-refractivity contribution is 0.0698. The lowest BCUT2D eigenvalue weighted by Crippen LogP contribution is -2.15. The maximum Gasteiger partial charge on any atom is 0.337 e. The molecule has 0 aliphatic rings. The maximum absolute atomic E-state index is 11.9. The van der Waals surface area contributed by atoms with Gasteiger partial charge in [-0.15, -0.1) is 0 Å². The minimum Gasteiger partial charge on any atom is -0.478 e. The lowest BCUT2D eigenvalue weighted by Gasteiger charge is -2.08. The maximum atomic E-state index is 11.9. The van der Waals surface area contributed by atoms with E-state index in [0.29, 0.717) is 0 Å². The van der Waals surface area contributed by atoms with E-state index < -0.39 is 16.0 Å². The first-order valence-electron chi connectivity index (χ1n) is 4.85. The van der Waals surface area contributed by atoms with Gasteiger partial charge in [0.15, 0.2) is 5.03 Å². The summed E-state index contributed by atoms with van der Waals surface area (Å²) in [6.07, 6.45) is 1.29. The van der Waals surface area contributed by atoms with E-state index in [9.17, 15) is 13.2 Å². The molecule has 8 heteroatoms. The number of rotatable bonds is 4. The number of para-hydroxylation sites is 1. The molecule has 0 fully saturated rings. The molecular formula is C10H9N3O4S. The van der Waals surface area contributed by atoms with Gasteiger partial charge in [-0.3, -0.25) is 9.82 Å². The van der Waals surface area contributed by atoms with Crippen LogP contribution in [0.4, 0.5) is 5.69 Å². The molecule has 94 valence electrons. The van der Waals surface area contributed by atoms with Crippen molar-refractivity contribution in [1.82, 2.24) is 10.2 Å². The second kappa shape index (κ2) is 4.49. The normalized spacial score (nSPS) is 11.1. The molecule has 0 spiro atoms. The number of H-pyrrole nitrogens is 1. The Morgan fingerprint density at radius 1 is 1.28 bits per heavy atom. The molecule has 18 heavy (non-hydrogen) atoms. The van der Waals surface area contributed by atoms with Crippen molar-refractivity contribution in [2.75, 3.05) is 4.72 Å². The predicted molar refractivity (Wildman–Crippen MR) is 62.8 cm³/mol. The van der Waals surface area contributed by atoms with Crippen LogP contribution in [0, 0.1) is 0 Å². The monoisotopic (exact) mass is 267 g/mol. The van der Waals surface area contributed by atoms with Crippen LogP contribution in [0.5, 0.6) is 0 Å². The molecule has 1 aromatic heterocycles. The number of anilines is 1. The predicted octanol–water partition coefficient (Wildman–Crippen LogP) is 0.909. The van der Waals surface area contributed by atoms with E-state index in [1.807, 2.05) is 0 Å². The van der Waals surface area contributed by atoms with Crippen LogP contribution in [0.15, 0.2) is 41.6 Å². The van der Waals surface area contributed by atoms with Crippen molar-refractivity contribution in [2.45, 2.75) is 5.03 Å². The van der Waals surface area contributed by atoms with Gasteiger partial charge in [-0.05, 0) is 18.2 Å².